The van der Waals surface area contributed by atoms with Crippen molar-refractivity contribution < 1.29 is 19.1 Å². The van der Waals surface area contributed by atoms with Crippen molar-refractivity contribution in [3.05, 3.63) is 82.3 Å². The molecule has 32 heavy (non-hydrogen) atoms. The Balaban J connectivity index is 1.62. The van der Waals surface area contributed by atoms with Gasteiger partial charge in [0.2, 0.25) is 0 Å². The van der Waals surface area contributed by atoms with Crippen molar-refractivity contribution in [1.82, 2.24) is 14.7 Å². The average molecular weight is 436 g/mol. The van der Waals surface area contributed by atoms with Crippen molar-refractivity contribution in [2.45, 2.75) is 20.0 Å². The number of para-hydroxylation sites is 1. The second-order valence-electron chi connectivity index (χ2n) is 7.11. The molecule has 0 saturated heterocycles. The molecule has 0 aliphatic heterocycles. The summed E-state index contributed by atoms with van der Waals surface area (Å²) < 4.78 is 8.15. The number of esters is 1. The number of carbonyl (C=O) groups excluding carboxylic acids is 3. The van der Waals surface area contributed by atoms with Gasteiger partial charge in [-0.15, -0.1) is 0 Å². The quantitative estimate of drug-likeness (QED) is 0.549. The number of amides is 2. The summed E-state index contributed by atoms with van der Waals surface area (Å²) in [6.07, 6.45) is -1.17. The van der Waals surface area contributed by atoms with Crippen LogP contribution < -0.4 is 16.2 Å². The first kappa shape index (κ1) is 22.5. The van der Waals surface area contributed by atoms with Crippen LogP contribution in [0.15, 0.2) is 65.5 Å². The van der Waals surface area contributed by atoms with Gasteiger partial charge in [-0.25, -0.2) is 4.68 Å². The molecule has 0 aliphatic rings. The lowest BCUT2D eigenvalue weighted by molar-refractivity contribution is -0.152. The van der Waals surface area contributed by atoms with Gasteiger partial charge in [0.25, 0.3) is 17.4 Å². The molecule has 1 heterocycles. The normalized spacial score (nSPS) is 11.5. The molecule has 166 valence electrons. The van der Waals surface area contributed by atoms with E-state index in [1.807, 2.05) is 6.07 Å². The Morgan fingerprint density at radius 2 is 1.59 bits per heavy atom. The Hall–Kier alpha value is -4.14. The second kappa shape index (κ2) is 9.78. The van der Waals surface area contributed by atoms with Crippen LogP contribution in [0.5, 0.6) is 0 Å². The fraction of sp³-hybridized carbons (Fsp3) is 0.217. The fourth-order valence-corrected chi connectivity index (χ4v) is 3.07. The smallest absolute Gasteiger partial charge is 0.326 e. The number of nitrogens with one attached hydrogen (secondary N) is 2. The standard InChI is InChI=1S/C23H24N4O5/c1-15-20(23(31)27(26(15)3)18-12-8-5-9-13-18)25-21(29)16(2)32-19(28)14-24-22(30)17-10-6-4-7-11-17/h4-13,16H,14H2,1-3H3,(H,24,30)(H,25,29)/t16-/m1/s1. The van der Waals surface area contributed by atoms with Crippen LogP contribution in [0.4, 0.5) is 5.69 Å². The van der Waals surface area contributed by atoms with Crippen molar-refractivity contribution in [3.8, 4) is 5.69 Å². The molecular weight excluding hydrogens is 412 g/mol. The summed E-state index contributed by atoms with van der Waals surface area (Å²) in [6, 6.07) is 17.4. The van der Waals surface area contributed by atoms with Gasteiger partial charge in [0.1, 0.15) is 12.2 Å². The van der Waals surface area contributed by atoms with Gasteiger partial charge in [-0.2, -0.15) is 0 Å². The predicted octanol–water partition coefficient (Wildman–Crippen LogP) is 1.78. The summed E-state index contributed by atoms with van der Waals surface area (Å²) in [4.78, 5) is 49.4. The van der Waals surface area contributed by atoms with E-state index in [0.717, 1.165) is 0 Å². The number of aromatic nitrogens is 2. The first-order valence-electron chi connectivity index (χ1n) is 9.97. The lowest BCUT2D eigenvalue weighted by Crippen LogP contribution is -2.36. The third kappa shape index (κ3) is 4.94. The summed E-state index contributed by atoms with van der Waals surface area (Å²) in [5.74, 6) is -1.86. The number of anilines is 1. The zero-order chi connectivity index (χ0) is 23.3. The predicted molar refractivity (Wildman–Crippen MR) is 119 cm³/mol. The second-order valence-corrected chi connectivity index (χ2v) is 7.11. The average Bonchev–Trinajstić information content (AvgIpc) is 3.01. The molecule has 2 amide bonds. The number of hydrogen-bond donors (Lipinski definition) is 2. The van der Waals surface area contributed by atoms with Gasteiger partial charge < -0.3 is 15.4 Å². The maximum Gasteiger partial charge on any atom is 0.326 e. The minimum absolute atomic E-state index is 0.0987. The molecule has 9 nitrogen and oxygen atoms in total. The molecule has 3 rings (SSSR count). The minimum atomic E-state index is -1.17. The molecule has 1 aromatic heterocycles. The minimum Gasteiger partial charge on any atom is -0.451 e. The molecule has 0 fully saturated rings. The first-order chi connectivity index (χ1) is 15.3. The Kier molecular flexibility index (Phi) is 6.89. The molecule has 0 radical (unpaired) electrons. The third-order valence-electron chi connectivity index (χ3n) is 4.91. The lowest BCUT2D eigenvalue weighted by Gasteiger charge is -2.13. The highest BCUT2D eigenvalue weighted by Crippen LogP contribution is 2.14. The topological polar surface area (TPSA) is 111 Å². The van der Waals surface area contributed by atoms with E-state index < -0.39 is 36.0 Å². The molecule has 9 heteroatoms. The summed E-state index contributed by atoms with van der Waals surface area (Å²) in [6.45, 7) is 2.70. The monoisotopic (exact) mass is 436 g/mol. The summed E-state index contributed by atoms with van der Waals surface area (Å²) in [5.41, 5.74) is 1.29. The van der Waals surface area contributed by atoms with Gasteiger partial charge in [-0.05, 0) is 38.1 Å². The number of carbonyl (C=O) groups is 3. The van der Waals surface area contributed by atoms with E-state index in [2.05, 4.69) is 10.6 Å². The van der Waals surface area contributed by atoms with Crippen LogP contribution >= 0.6 is 0 Å². The van der Waals surface area contributed by atoms with Crippen LogP contribution in [0.1, 0.15) is 23.0 Å². The summed E-state index contributed by atoms with van der Waals surface area (Å²) in [7, 11) is 1.71. The van der Waals surface area contributed by atoms with Gasteiger partial charge in [-0.1, -0.05) is 36.4 Å². The van der Waals surface area contributed by atoms with E-state index in [0.29, 0.717) is 16.9 Å². The molecule has 0 bridgehead atoms. The van der Waals surface area contributed by atoms with E-state index in [1.165, 1.54) is 11.6 Å². The zero-order valence-electron chi connectivity index (χ0n) is 18.0. The van der Waals surface area contributed by atoms with Gasteiger partial charge >= 0.3 is 5.97 Å². The number of nitrogens with zero attached hydrogens (tertiary/aromatic N) is 2. The van der Waals surface area contributed by atoms with Crippen molar-refractivity contribution in [2.75, 3.05) is 11.9 Å². The van der Waals surface area contributed by atoms with Gasteiger partial charge in [-0.3, -0.25) is 23.9 Å². The van der Waals surface area contributed by atoms with E-state index in [1.54, 1.807) is 73.3 Å². The van der Waals surface area contributed by atoms with Crippen molar-refractivity contribution >= 4 is 23.5 Å². The molecular formula is C23H24N4O5. The Labute approximate surface area is 184 Å². The largest absolute Gasteiger partial charge is 0.451 e. The number of hydrogen-bond acceptors (Lipinski definition) is 5. The van der Waals surface area contributed by atoms with E-state index in [9.17, 15) is 19.2 Å². The highest BCUT2D eigenvalue weighted by Gasteiger charge is 2.23. The Morgan fingerprint density at radius 3 is 2.22 bits per heavy atom. The molecule has 0 aliphatic carbocycles. The summed E-state index contributed by atoms with van der Waals surface area (Å²) >= 11 is 0. The molecule has 2 N–H and O–H groups in total. The molecule has 0 saturated carbocycles. The highest BCUT2D eigenvalue weighted by atomic mass is 16.5. The van der Waals surface area contributed by atoms with E-state index >= 15 is 0 Å². The van der Waals surface area contributed by atoms with Crippen LogP contribution in [-0.4, -0.2) is 39.8 Å². The van der Waals surface area contributed by atoms with Gasteiger partial charge in [0.15, 0.2) is 6.10 Å². The van der Waals surface area contributed by atoms with Crippen molar-refractivity contribution in [1.29, 1.82) is 0 Å². The van der Waals surface area contributed by atoms with E-state index in [4.69, 9.17) is 4.74 Å². The van der Waals surface area contributed by atoms with E-state index in [-0.39, 0.29) is 5.69 Å². The van der Waals surface area contributed by atoms with Gasteiger partial charge in [0, 0.05) is 12.6 Å². The third-order valence-corrected chi connectivity index (χ3v) is 4.91. The number of benzene rings is 2. The first-order valence-corrected chi connectivity index (χ1v) is 9.97. The Bertz CT molecular complexity index is 1180. The van der Waals surface area contributed by atoms with Gasteiger partial charge in [0.05, 0.1) is 11.4 Å². The lowest BCUT2D eigenvalue weighted by atomic mass is 10.2. The molecule has 1 atom stereocenters. The van der Waals surface area contributed by atoms with Crippen molar-refractivity contribution in [2.24, 2.45) is 7.05 Å². The van der Waals surface area contributed by atoms with Crippen LogP contribution in [0.25, 0.3) is 5.69 Å². The number of rotatable bonds is 7. The van der Waals surface area contributed by atoms with Crippen LogP contribution in [0, 0.1) is 6.92 Å². The molecule has 3 aromatic rings. The summed E-state index contributed by atoms with van der Waals surface area (Å²) in [5, 5.41) is 4.99. The SMILES string of the molecule is Cc1c(NC(=O)[C@@H](C)OC(=O)CNC(=O)c2ccccc2)c(=O)n(-c2ccccc2)n1C. The maximum absolute atomic E-state index is 12.9. The van der Waals surface area contributed by atoms with Crippen LogP contribution in [0.3, 0.4) is 0 Å². The van der Waals surface area contributed by atoms with Crippen LogP contribution in [0.2, 0.25) is 0 Å². The molecule has 0 unspecified atom stereocenters. The Morgan fingerprint density at radius 1 is 1.00 bits per heavy atom. The number of ether oxygens (including phenoxy) is 1. The fourth-order valence-electron chi connectivity index (χ4n) is 3.07. The van der Waals surface area contributed by atoms with Crippen molar-refractivity contribution in [3.63, 3.8) is 0 Å². The molecule has 0 spiro atoms. The maximum atomic E-state index is 12.9. The zero-order valence-corrected chi connectivity index (χ0v) is 18.0. The van der Waals surface area contributed by atoms with Crippen LogP contribution in [-0.2, 0) is 21.4 Å². The molecule has 2 aromatic carbocycles. The highest BCUT2D eigenvalue weighted by molar-refractivity contribution is 5.97.